The summed E-state index contributed by atoms with van der Waals surface area (Å²) >= 11 is 0. The van der Waals surface area contributed by atoms with E-state index in [-0.39, 0.29) is 17.0 Å². The predicted octanol–water partition coefficient (Wildman–Crippen LogP) is 0.484. The molecule has 0 unspecified atom stereocenters. The molecule has 0 saturated carbocycles. The van der Waals surface area contributed by atoms with Crippen molar-refractivity contribution >= 4 is 10.0 Å². The Bertz CT molecular complexity index is 605. The van der Waals surface area contributed by atoms with Crippen molar-refractivity contribution < 1.29 is 22.7 Å². The monoisotopic (exact) mass is 301 g/mol. The smallest absolute Gasteiger partial charge is 0.241 e. The molecule has 20 heavy (non-hydrogen) atoms. The average Bonchev–Trinajstić information content (AvgIpc) is 2.41. The number of benzene rings is 1. The van der Waals surface area contributed by atoms with Gasteiger partial charge in [0.05, 0.1) is 4.90 Å². The van der Waals surface area contributed by atoms with Crippen molar-refractivity contribution in [3.05, 3.63) is 29.6 Å². The van der Waals surface area contributed by atoms with E-state index in [9.17, 15) is 12.8 Å². The standard InChI is InChI=1S/C13H16FNO4S/c1-19-9-3-7-15-20(17,18)13-6-5-12(14)10-11(13)4-2-8-16/h5-6,10,15-16H,3,7-9H2,1H3. The number of rotatable bonds is 6. The Labute approximate surface area is 117 Å². The van der Waals surface area contributed by atoms with Crippen LogP contribution in [0.2, 0.25) is 0 Å². The number of sulfonamides is 1. The minimum absolute atomic E-state index is 0.0123. The number of halogens is 1. The maximum atomic E-state index is 13.2. The normalized spacial score (nSPS) is 10.9. The largest absolute Gasteiger partial charge is 0.385 e. The highest BCUT2D eigenvalue weighted by Crippen LogP contribution is 2.16. The summed E-state index contributed by atoms with van der Waals surface area (Å²) < 4.78 is 44.5. The van der Waals surface area contributed by atoms with Gasteiger partial charge in [0.15, 0.2) is 0 Å². The zero-order valence-electron chi connectivity index (χ0n) is 11.0. The molecule has 0 bridgehead atoms. The van der Waals surface area contributed by atoms with E-state index in [1.807, 2.05) is 0 Å². The van der Waals surface area contributed by atoms with Gasteiger partial charge in [-0.1, -0.05) is 11.8 Å². The first-order valence-electron chi connectivity index (χ1n) is 5.89. The predicted molar refractivity (Wildman–Crippen MR) is 72.0 cm³/mol. The third kappa shape index (κ3) is 4.90. The van der Waals surface area contributed by atoms with E-state index in [1.165, 1.54) is 7.11 Å². The molecule has 1 aromatic rings. The molecule has 0 radical (unpaired) electrons. The van der Waals surface area contributed by atoms with Crippen LogP contribution in [0.15, 0.2) is 23.1 Å². The van der Waals surface area contributed by atoms with Crippen LogP contribution < -0.4 is 4.72 Å². The van der Waals surface area contributed by atoms with E-state index in [1.54, 1.807) is 0 Å². The quantitative estimate of drug-likeness (QED) is 0.592. The lowest BCUT2D eigenvalue weighted by molar-refractivity contribution is 0.196. The Morgan fingerprint density at radius 1 is 1.45 bits per heavy atom. The number of aliphatic hydroxyl groups is 1. The lowest BCUT2D eigenvalue weighted by Gasteiger charge is -2.08. The van der Waals surface area contributed by atoms with Crippen molar-refractivity contribution in [1.82, 2.24) is 4.72 Å². The molecule has 0 aliphatic rings. The fourth-order valence-electron chi connectivity index (χ4n) is 1.47. The summed E-state index contributed by atoms with van der Waals surface area (Å²) in [6, 6.07) is 3.22. The van der Waals surface area contributed by atoms with Gasteiger partial charge >= 0.3 is 0 Å². The maximum absolute atomic E-state index is 13.2. The third-order valence-electron chi connectivity index (χ3n) is 2.35. The zero-order chi connectivity index (χ0) is 15.0. The van der Waals surface area contributed by atoms with Gasteiger partial charge in [-0.3, -0.25) is 0 Å². The molecule has 0 saturated heterocycles. The summed E-state index contributed by atoms with van der Waals surface area (Å²) in [6.07, 6.45) is 0.522. The molecule has 1 aromatic carbocycles. The van der Waals surface area contributed by atoms with E-state index in [0.717, 1.165) is 18.2 Å². The van der Waals surface area contributed by atoms with E-state index < -0.39 is 22.4 Å². The summed E-state index contributed by atoms with van der Waals surface area (Å²) in [5, 5.41) is 8.64. The van der Waals surface area contributed by atoms with Crippen LogP contribution in [0.4, 0.5) is 4.39 Å². The Hall–Kier alpha value is -1.46. The van der Waals surface area contributed by atoms with Crippen LogP contribution in [0.1, 0.15) is 12.0 Å². The van der Waals surface area contributed by atoms with Crippen LogP contribution >= 0.6 is 0 Å². The molecule has 0 aromatic heterocycles. The molecule has 0 spiro atoms. The van der Waals surface area contributed by atoms with Gasteiger partial charge in [0.2, 0.25) is 10.0 Å². The van der Waals surface area contributed by atoms with Crippen LogP contribution in [0.5, 0.6) is 0 Å². The SMILES string of the molecule is COCCCNS(=O)(=O)c1ccc(F)cc1C#CCO. The molecule has 0 amide bonds. The fourth-order valence-corrected chi connectivity index (χ4v) is 2.69. The topological polar surface area (TPSA) is 75.6 Å². The molecule has 0 aliphatic heterocycles. The van der Waals surface area contributed by atoms with E-state index in [0.29, 0.717) is 13.0 Å². The maximum Gasteiger partial charge on any atom is 0.241 e. The molecular weight excluding hydrogens is 285 g/mol. The zero-order valence-corrected chi connectivity index (χ0v) is 11.8. The highest BCUT2D eigenvalue weighted by molar-refractivity contribution is 7.89. The number of aliphatic hydroxyl groups excluding tert-OH is 1. The molecule has 0 fully saturated rings. The minimum atomic E-state index is -3.77. The Kier molecular flexibility index (Phi) is 6.61. The van der Waals surface area contributed by atoms with Gasteiger partial charge in [-0.25, -0.2) is 17.5 Å². The first kappa shape index (κ1) is 16.6. The summed E-state index contributed by atoms with van der Waals surface area (Å²) in [6.45, 7) is 0.209. The highest BCUT2D eigenvalue weighted by atomic mass is 32.2. The van der Waals surface area contributed by atoms with Crippen molar-refractivity contribution in [2.45, 2.75) is 11.3 Å². The van der Waals surface area contributed by atoms with Crippen LogP contribution in [0.25, 0.3) is 0 Å². The fraction of sp³-hybridized carbons (Fsp3) is 0.385. The second kappa shape index (κ2) is 7.97. The van der Waals surface area contributed by atoms with Crippen LogP contribution in [-0.2, 0) is 14.8 Å². The van der Waals surface area contributed by atoms with Crippen molar-refractivity contribution in [3.63, 3.8) is 0 Å². The van der Waals surface area contributed by atoms with Gasteiger partial charge in [-0.2, -0.15) is 0 Å². The summed E-state index contributed by atoms with van der Waals surface area (Å²) in [5.74, 6) is 4.14. The van der Waals surface area contributed by atoms with E-state index >= 15 is 0 Å². The van der Waals surface area contributed by atoms with Gasteiger partial charge in [0, 0.05) is 25.8 Å². The molecular formula is C13H16FNO4S. The molecule has 0 heterocycles. The highest BCUT2D eigenvalue weighted by Gasteiger charge is 2.17. The number of nitrogens with one attached hydrogen (secondary N) is 1. The van der Waals surface area contributed by atoms with Crippen molar-refractivity contribution in [2.24, 2.45) is 0 Å². The van der Waals surface area contributed by atoms with Crippen molar-refractivity contribution in [2.75, 3.05) is 26.9 Å². The van der Waals surface area contributed by atoms with Gasteiger partial charge < -0.3 is 9.84 Å². The Morgan fingerprint density at radius 2 is 2.20 bits per heavy atom. The molecule has 1 rings (SSSR count). The number of hydrogen-bond acceptors (Lipinski definition) is 4. The molecule has 0 aliphatic carbocycles. The first-order chi connectivity index (χ1) is 9.51. The first-order valence-corrected chi connectivity index (χ1v) is 7.37. The van der Waals surface area contributed by atoms with Crippen LogP contribution in [0, 0.1) is 17.7 Å². The van der Waals surface area contributed by atoms with Gasteiger partial charge in [-0.05, 0) is 24.6 Å². The number of hydrogen-bond donors (Lipinski definition) is 2. The third-order valence-corrected chi connectivity index (χ3v) is 3.87. The lowest BCUT2D eigenvalue weighted by atomic mass is 10.2. The van der Waals surface area contributed by atoms with E-state index in [4.69, 9.17) is 9.84 Å². The second-order valence-corrected chi connectivity index (χ2v) is 5.58. The lowest BCUT2D eigenvalue weighted by Crippen LogP contribution is -2.26. The van der Waals surface area contributed by atoms with Crippen LogP contribution in [-0.4, -0.2) is 40.4 Å². The van der Waals surface area contributed by atoms with Gasteiger partial charge in [0.1, 0.15) is 12.4 Å². The average molecular weight is 301 g/mol. The van der Waals surface area contributed by atoms with Gasteiger partial charge in [-0.15, -0.1) is 0 Å². The molecule has 110 valence electrons. The summed E-state index contributed by atoms with van der Waals surface area (Å²) in [7, 11) is -2.25. The second-order valence-electron chi connectivity index (χ2n) is 3.84. The van der Waals surface area contributed by atoms with Crippen molar-refractivity contribution in [1.29, 1.82) is 0 Å². The molecule has 2 N–H and O–H groups in total. The molecule has 7 heteroatoms. The minimum Gasteiger partial charge on any atom is -0.385 e. The summed E-state index contributed by atoms with van der Waals surface area (Å²) in [5.41, 5.74) is 0.0123. The molecule has 0 atom stereocenters. The summed E-state index contributed by atoms with van der Waals surface area (Å²) in [4.78, 5) is -0.114. The number of methoxy groups -OCH3 is 1. The Morgan fingerprint density at radius 3 is 2.85 bits per heavy atom. The van der Waals surface area contributed by atoms with Crippen molar-refractivity contribution in [3.8, 4) is 11.8 Å². The van der Waals surface area contributed by atoms with E-state index in [2.05, 4.69) is 16.6 Å². The van der Waals surface area contributed by atoms with Crippen LogP contribution in [0.3, 0.4) is 0 Å². The van der Waals surface area contributed by atoms with Gasteiger partial charge in [0.25, 0.3) is 0 Å². The Balaban J connectivity index is 2.99. The number of ether oxygens (including phenoxy) is 1. The molecule has 5 nitrogen and oxygen atoms in total.